The smallest absolute Gasteiger partial charge is 0.148 e. The Morgan fingerprint density at radius 3 is 3.21 bits per heavy atom. The molecule has 1 aromatic heterocycles. The van der Waals surface area contributed by atoms with Gasteiger partial charge in [-0.1, -0.05) is 0 Å². The lowest BCUT2D eigenvalue weighted by Gasteiger charge is -2.29. The van der Waals surface area contributed by atoms with E-state index in [1.807, 2.05) is 12.1 Å². The van der Waals surface area contributed by atoms with Crippen molar-refractivity contribution in [1.29, 1.82) is 0 Å². The number of rotatable bonds is 2. The molecule has 2 rings (SSSR count). The highest BCUT2D eigenvalue weighted by Gasteiger charge is 2.22. The van der Waals surface area contributed by atoms with Gasteiger partial charge in [0.1, 0.15) is 5.82 Å². The van der Waals surface area contributed by atoms with Crippen molar-refractivity contribution >= 4 is 5.82 Å². The van der Waals surface area contributed by atoms with Crippen molar-refractivity contribution in [3.05, 3.63) is 18.3 Å². The maximum absolute atomic E-state index is 5.89. The molecule has 2 heterocycles. The molecule has 0 amide bonds. The number of ether oxygens (including phenoxy) is 1. The van der Waals surface area contributed by atoms with E-state index >= 15 is 0 Å². The van der Waals surface area contributed by atoms with Crippen molar-refractivity contribution in [1.82, 2.24) is 10.2 Å². The van der Waals surface area contributed by atoms with Gasteiger partial charge in [-0.25, -0.2) is 0 Å². The predicted octanol–water partition coefficient (Wildman–Crippen LogP) is 0.00470. The fourth-order valence-electron chi connectivity index (χ4n) is 1.51. The second-order valence-corrected chi connectivity index (χ2v) is 3.39. The first-order valence-electron chi connectivity index (χ1n) is 4.74. The Kier molecular flexibility index (Phi) is 2.90. The van der Waals surface area contributed by atoms with Crippen LogP contribution in [-0.4, -0.2) is 35.5 Å². The molecule has 3 N–H and O–H groups in total. The summed E-state index contributed by atoms with van der Waals surface area (Å²) in [4.78, 5) is 0. The van der Waals surface area contributed by atoms with E-state index in [2.05, 4.69) is 15.5 Å². The molecular weight excluding hydrogens is 180 g/mol. The van der Waals surface area contributed by atoms with Crippen LogP contribution >= 0.6 is 0 Å². The van der Waals surface area contributed by atoms with E-state index in [-0.39, 0.29) is 12.1 Å². The van der Waals surface area contributed by atoms with Crippen LogP contribution in [0.3, 0.4) is 0 Å². The molecule has 5 nitrogen and oxygen atoms in total. The SMILES string of the molecule is NC1COCCC1Nc1cccnn1. The maximum atomic E-state index is 5.89. The summed E-state index contributed by atoms with van der Waals surface area (Å²) in [6, 6.07) is 4.00. The average molecular weight is 194 g/mol. The summed E-state index contributed by atoms with van der Waals surface area (Å²) in [5.41, 5.74) is 5.89. The molecule has 1 aromatic rings. The van der Waals surface area contributed by atoms with Crippen LogP contribution in [0.5, 0.6) is 0 Å². The van der Waals surface area contributed by atoms with Crippen LogP contribution in [0.4, 0.5) is 5.82 Å². The topological polar surface area (TPSA) is 73.1 Å². The van der Waals surface area contributed by atoms with E-state index in [1.54, 1.807) is 6.20 Å². The number of aromatic nitrogens is 2. The predicted molar refractivity (Wildman–Crippen MR) is 52.9 cm³/mol. The summed E-state index contributed by atoms with van der Waals surface area (Å²) in [6.07, 6.45) is 2.56. The zero-order valence-electron chi connectivity index (χ0n) is 7.89. The van der Waals surface area contributed by atoms with Crippen molar-refractivity contribution < 1.29 is 4.74 Å². The highest BCUT2D eigenvalue weighted by molar-refractivity contribution is 5.33. The molecule has 14 heavy (non-hydrogen) atoms. The Morgan fingerprint density at radius 1 is 1.57 bits per heavy atom. The second-order valence-electron chi connectivity index (χ2n) is 3.39. The summed E-state index contributed by atoms with van der Waals surface area (Å²) in [7, 11) is 0. The molecule has 0 aliphatic carbocycles. The standard InChI is InChI=1S/C9H14N4O/c10-7-6-14-5-3-8(7)12-9-2-1-4-11-13-9/h1-2,4,7-8H,3,5-6,10H2,(H,12,13). The van der Waals surface area contributed by atoms with Crippen LogP contribution in [0.1, 0.15) is 6.42 Å². The first-order valence-corrected chi connectivity index (χ1v) is 4.74. The Labute approximate surface area is 82.7 Å². The lowest BCUT2D eigenvalue weighted by Crippen LogP contribution is -2.47. The van der Waals surface area contributed by atoms with Crippen molar-refractivity contribution in [2.45, 2.75) is 18.5 Å². The molecule has 0 aromatic carbocycles. The van der Waals surface area contributed by atoms with Gasteiger partial charge in [0, 0.05) is 24.9 Å². The number of anilines is 1. The van der Waals surface area contributed by atoms with E-state index in [0.29, 0.717) is 6.61 Å². The minimum Gasteiger partial charge on any atom is -0.380 e. The third-order valence-electron chi connectivity index (χ3n) is 2.31. The largest absolute Gasteiger partial charge is 0.380 e. The number of hydrogen-bond acceptors (Lipinski definition) is 5. The summed E-state index contributed by atoms with van der Waals surface area (Å²) < 4.78 is 5.25. The number of nitrogens with two attached hydrogens (primary N) is 1. The zero-order chi connectivity index (χ0) is 9.80. The van der Waals surface area contributed by atoms with Gasteiger partial charge in [-0.2, -0.15) is 5.10 Å². The second kappa shape index (κ2) is 4.34. The van der Waals surface area contributed by atoms with Gasteiger partial charge >= 0.3 is 0 Å². The number of hydrogen-bond donors (Lipinski definition) is 2. The van der Waals surface area contributed by atoms with E-state index in [0.717, 1.165) is 18.8 Å². The number of nitrogens with one attached hydrogen (secondary N) is 1. The van der Waals surface area contributed by atoms with Crippen molar-refractivity contribution in [3.63, 3.8) is 0 Å². The molecule has 0 radical (unpaired) electrons. The van der Waals surface area contributed by atoms with Crippen LogP contribution in [0.2, 0.25) is 0 Å². The molecule has 2 atom stereocenters. The van der Waals surface area contributed by atoms with Gasteiger partial charge in [0.15, 0.2) is 0 Å². The number of nitrogens with zero attached hydrogens (tertiary/aromatic N) is 2. The van der Waals surface area contributed by atoms with Crippen LogP contribution in [0, 0.1) is 0 Å². The fourth-order valence-corrected chi connectivity index (χ4v) is 1.51. The Balaban J connectivity index is 1.96. The Hall–Kier alpha value is -1.20. The van der Waals surface area contributed by atoms with Crippen molar-refractivity contribution in [2.24, 2.45) is 5.73 Å². The summed E-state index contributed by atoms with van der Waals surface area (Å²) in [5, 5.41) is 11.0. The Bertz CT molecular complexity index is 279. The third kappa shape index (κ3) is 2.18. The van der Waals surface area contributed by atoms with Crippen molar-refractivity contribution in [3.8, 4) is 0 Å². The Morgan fingerprint density at radius 2 is 2.50 bits per heavy atom. The van der Waals surface area contributed by atoms with Crippen molar-refractivity contribution in [2.75, 3.05) is 18.5 Å². The van der Waals surface area contributed by atoms with Gasteiger partial charge < -0.3 is 15.8 Å². The maximum Gasteiger partial charge on any atom is 0.148 e. The highest BCUT2D eigenvalue weighted by Crippen LogP contribution is 2.11. The molecule has 1 aliphatic rings. The molecule has 0 saturated carbocycles. The van der Waals surface area contributed by atoms with Gasteiger partial charge in [-0.05, 0) is 18.6 Å². The fraction of sp³-hybridized carbons (Fsp3) is 0.556. The van der Waals surface area contributed by atoms with Gasteiger partial charge in [-0.15, -0.1) is 5.10 Å². The van der Waals surface area contributed by atoms with Crippen LogP contribution in [0.25, 0.3) is 0 Å². The lowest BCUT2D eigenvalue weighted by molar-refractivity contribution is 0.0751. The summed E-state index contributed by atoms with van der Waals surface area (Å²) in [5.74, 6) is 0.773. The third-order valence-corrected chi connectivity index (χ3v) is 2.31. The molecule has 76 valence electrons. The van der Waals surface area contributed by atoms with E-state index in [4.69, 9.17) is 10.5 Å². The molecule has 5 heteroatoms. The monoisotopic (exact) mass is 194 g/mol. The summed E-state index contributed by atoms with van der Waals surface area (Å²) >= 11 is 0. The molecule has 2 unspecified atom stereocenters. The highest BCUT2D eigenvalue weighted by atomic mass is 16.5. The van der Waals surface area contributed by atoms with Crippen LogP contribution < -0.4 is 11.1 Å². The van der Waals surface area contributed by atoms with Gasteiger partial charge in [0.25, 0.3) is 0 Å². The summed E-state index contributed by atoms with van der Waals surface area (Å²) in [6.45, 7) is 1.36. The van der Waals surface area contributed by atoms with Crippen LogP contribution in [0.15, 0.2) is 18.3 Å². The molecular formula is C9H14N4O. The molecule has 1 fully saturated rings. The van der Waals surface area contributed by atoms with E-state index in [9.17, 15) is 0 Å². The van der Waals surface area contributed by atoms with E-state index < -0.39 is 0 Å². The molecule has 1 aliphatic heterocycles. The van der Waals surface area contributed by atoms with E-state index in [1.165, 1.54) is 0 Å². The molecule has 0 spiro atoms. The van der Waals surface area contributed by atoms with Gasteiger partial charge in [0.05, 0.1) is 6.61 Å². The quantitative estimate of drug-likeness (QED) is 0.693. The zero-order valence-corrected chi connectivity index (χ0v) is 7.89. The minimum absolute atomic E-state index is 0.0331. The average Bonchev–Trinajstić information content (AvgIpc) is 2.23. The minimum atomic E-state index is 0.0331. The first-order chi connectivity index (χ1) is 6.86. The molecule has 1 saturated heterocycles. The van der Waals surface area contributed by atoms with Gasteiger partial charge in [0.2, 0.25) is 0 Å². The van der Waals surface area contributed by atoms with Crippen LogP contribution in [-0.2, 0) is 4.74 Å². The van der Waals surface area contributed by atoms with Gasteiger partial charge in [-0.3, -0.25) is 0 Å². The first kappa shape index (κ1) is 9.36. The normalized spacial score (nSPS) is 27.2. The molecule has 0 bridgehead atoms. The lowest BCUT2D eigenvalue weighted by atomic mass is 10.0.